The van der Waals surface area contributed by atoms with E-state index in [9.17, 15) is 9.59 Å². The fourth-order valence-electron chi connectivity index (χ4n) is 4.27. The van der Waals surface area contributed by atoms with Crippen LogP contribution in [0, 0.1) is 0 Å². The van der Waals surface area contributed by atoms with Crippen LogP contribution in [0.5, 0.6) is 0 Å². The summed E-state index contributed by atoms with van der Waals surface area (Å²) in [6.07, 6.45) is 3.40. The average molecular weight is 682 g/mol. The van der Waals surface area contributed by atoms with Crippen LogP contribution in [0.2, 0.25) is 64.5 Å². The van der Waals surface area contributed by atoms with Gasteiger partial charge in [0, 0.05) is 24.3 Å². The molecule has 2 atom stereocenters. The van der Waals surface area contributed by atoms with E-state index in [0.29, 0.717) is 13.1 Å². The van der Waals surface area contributed by atoms with Crippen LogP contribution in [0.4, 0.5) is 0 Å². The van der Waals surface area contributed by atoms with Gasteiger partial charge >= 0.3 is 29.1 Å². The maximum absolute atomic E-state index is 12.5. The largest absolute Gasteiger partial charge is 0.462 e. The lowest BCUT2D eigenvalue weighted by Gasteiger charge is -2.45. The summed E-state index contributed by atoms with van der Waals surface area (Å²) in [6, 6.07) is 0. The fraction of sp³-hybridized carbons (Fsp3) is 0.742. The zero-order chi connectivity index (χ0) is 30.8. The number of carbonyl (C=O) groups excluding carboxylic acids is 2. The van der Waals surface area contributed by atoms with Crippen LogP contribution in [0.25, 0.3) is 0 Å². The van der Waals surface area contributed by atoms with Gasteiger partial charge in [0.25, 0.3) is 0 Å². The van der Waals surface area contributed by atoms with Gasteiger partial charge in [-0.2, -0.15) is 0 Å². The lowest BCUT2D eigenvalue weighted by atomic mass is 10.1. The molecule has 258 valence electrons. The van der Waals surface area contributed by atoms with E-state index >= 15 is 0 Å². The highest BCUT2D eigenvalue weighted by Crippen LogP contribution is 2.33. The quantitative estimate of drug-likeness (QED) is 0.0286. The van der Waals surface area contributed by atoms with Crippen molar-refractivity contribution in [2.24, 2.45) is 0 Å². The van der Waals surface area contributed by atoms with Gasteiger partial charge in [0.2, 0.25) is 0 Å². The van der Waals surface area contributed by atoms with Gasteiger partial charge in [-0.15, -0.1) is 6.58 Å². The molecule has 0 rings (SSSR count). The summed E-state index contributed by atoms with van der Waals surface area (Å²) in [4.78, 5) is 27.2. The molecule has 0 bridgehead atoms. The summed E-state index contributed by atoms with van der Waals surface area (Å²) in [5.41, 5.74) is 1.63. The van der Waals surface area contributed by atoms with Gasteiger partial charge in [-0.25, -0.2) is 9.59 Å². The van der Waals surface area contributed by atoms with Crippen molar-refractivity contribution in [2.75, 3.05) is 26.3 Å². The van der Waals surface area contributed by atoms with Crippen LogP contribution in [0.3, 0.4) is 0 Å². The zero-order valence-electron chi connectivity index (χ0n) is 27.1. The maximum Gasteiger partial charge on any atom is 0.345 e. The summed E-state index contributed by atoms with van der Waals surface area (Å²) in [5, 5.41) is 0. The molecular weight excluding hydrogens is 611 g/mol. The minimum absolute atomic E-state index is 0. The van der Waals surface area contributed by atoms with E-state index in [-0.39, 0.29) is 54.0 Å². The molecule has 0 amide bonds. The molecule has 0 saturated heterocycles. The van der Waals surface area contributed by atoms with E-state index in [2.05, 4.69) is 77.3 Å². The summed E-state index contributed by atoms with van der Waals surface area (Å²) < 4.78 is 30.6. The molecular formula is C31H71NO7Si4. The Labute approximate surface area is 272 Å². The molecule has 0 aliphatic carbocycles. The van der Waals surface area contributed by atoms with Crippen LogP contribution in [0.15, 0.2) is 35.6 Å². The van der Waals surface area contributed by atoms with E-state index in [1.807, 2.05) is 19.9 Å². The third kappa shape index (κ3) is 19.7. The van der Waals surface area contributed by atoms with E-state index < -0.39 is 45.7 Å². The fourth-order valence-corrected chi connectivity index (χ4v) is 22.2. The number of ether oxygens (including phenoxy) is 2. The molecule has 0 radical (unpaired) electrons. The van der Waals surface area contributed by atoms with Crippen molar-refractivity contribution in [3.05, 3.63) is 35.6 Å². The maximum atomic E-state index is 12.5. The number of hydrogen-bond donors (Lipinski definition) is 0. The molecule has 12 heteroatoms. The molecule has 0 spiro atoms. The van der Waals surface area contributed by atoms with Crippen molar-refractivity contribution in [3.63, 3.8) is 0 Å². The Hall–Kier alpha value is -1.29. The molecule has 0 N–H and O–H groups in total. The first-order chi connectivity index (χ1) is 17.6. The highest BCUT2D eigenvalue weighted by atomic mass is 28.5. The van der Waals surface area contributed by atoms with Gasteiger partial charge < -0.3 is 26.7 Å². The standard InChI is InChI=1S/C27H55NO7Si4.4CH4/c1-16-19-28(24(6)22(4)20-25(26(29)31-17-2)27(30)32-18-3)21-23(5)39(15,34-37(10,11)12)35-38(13,14)33-36(7,8)9;;;;/h16,20,23H,1,17-19,21H2,2-15H3;4*1H4/b24-22+;;;;. The highest BCUT2D eigenvalue weighted by Gasteiger charge is 2.48. The molecule has 0 aliphatic heterocycles. The first kappa shape index (κ1) is 51.3. The van der Waals surface area contributed by atoms with Crippen molar-refractivity contribution >= 4 is 45.7 Å². The van der Waals surface area contributed by atoms with Gasteiger partial charge in [0.1, 0.15) is 5.57 Å². The highest BCUT2D eigenvalue weighted by molar-refractivity contribution is 6.89. The molecule has 0 saturated carbocycles. The van der Waals surface area contributed by atoms with Gasteiger partial charge in [0.05, 0.1) is 13.2 Å². The van der Waals surface area contributed by atoms with E-state index in [1.165, 1.54) is 0 Å². The minimum atomic E-state index is -2.73. The molecule has 0 heterocycles. The third-order valence-electron chi connectivity index (χ3n) is 5.64. The van der Waals surface area contributed by atoms with E-state index in [0.717, 1.165) is 11.3 Å². The predicted molar refractivity (Wildman–Crippen MR) is 197 cm³/mol. The third-order valence-corrected chi connectivity index (χ3v) is 19.7. The number of esters is 2. The number of nitrogens with zero attached hydrogens (tertiary/aromatic N) is 1. The topological polar surface area (TPSA) is 83.5 Å². The Kier molecular flexibility index (Phi) is 25.6. The zero-order valence-corrected chi connectivity index (χ0v) is 31.1. The number of rotatable bonds is 17. The van der Waals surface area contributed by atoms with E-state index in [4.69, 9.17) is 21.8 Å². The second kappa shape index (κ2) is 21.4. The van der Waals surface area contributed by atoms with Crippen molar-refractivity contribution in [1.82, 2.24) is 4.90 Å². The first-order valence-electron chi connectivity index (χ1n) is 13.8. The smallest absolute Gasteiger partial charge is 0.345 e. The van der Waals surface area contributed by atoms with Crippen molar-refractivity contribution in [1.29, 1.82) is 0 Å². The lowest BCUT2D eigenvalue weighted by Crippen LogP contribution is -2.59. The van der Waals surface area contributed by atoms with Crippen molar-refractivity contribution in [3.8, 4) is 0 Å². The van der Waals surface area contributed by atoms with Gasteiger partial charge in [-0.1, -0.05) is 42.7 Å². The van der Waals surface area contributed by atoms with Crippen molar-refractivity contribution in [2.45, 2.75) is 129 Å². The van der Waals surface area contributed by atoms with Crippen LogP contribution < -0.4 is 0 Å². The predicted octanol–water partition coefficient (Wildman–Crippen LogP) is 9.25. The number of carbonyl (C=O) groups is 2. The Bertz CT molecular complexity index is 889. The Morgan fingerprint density at radius 1 is 0.767 bits per heavy atom. The second-order valence-corrected chi connectivity index (χ2v) is 29.0. The normalized spacial score (nSPS) is 14.0. The molecule has 8 nitrogen and oxygen atoms in total. The SMILES string of the molecule is C.C.C.C.C=CCN(CC(C)[Si](C)(O[Si](C)(C)C)O[Si](C)(C)O[Si](C)(C)C)/C(C)=C(\C)C=C(C(=O)OCC)C(=O)OCC. The molecule has 43 heavy (non-hydrogen) atoms. The van der Waals surface area contributed by atoms with Crippen LogP contribution in [-0.2, 0) is 31.4 Å². The molecule has 0 aliphatic rings. The number of hydrogen-bond acceptors (Lipinski definition) is 8. The van der Waals surface area contributed by atoms with Gasteiger partial charge in [-0.05, 0) is 98.3 Å². The van der Waals surface area contributed by atoms with Gasteiger partial charge in [0.15, 0.2) is 16.6 Å². The molecule has 2 unspecified atom stereocenters. The Balaban J connectivity index is -0.00000120. The molecule has 0 fully saturated rings. The summed E-state index contributed by atoms with van der Waals surface area (Å²) in [6.45, 7) is 34.5. The minimum Gasteiger partial charge on any atom is -0.462 e. The lowest BCUT2D eigenvalue weighted by molar-refractivity contribution is -0.146. The summed E-state index contributed by atoms with van der Waals surface area (Å²) in [5.74, 6) is -1.39. The van der Waals surface area contributed by atoms with Crippen LogP contribution in [0.1, 0.15) is 64.3 Å². The Morgan fingerprint density at radius 3 is 1.53 bits per heavy atom. The monoisotopic (exact) mass is 681 g/mol. The van der Waals surface area contributed by atoms with E-state index in [1.54, 1.807) is 19.9 Å². The number of allylic oxidation sites excluding steroid dienone is 3. The molecule has 0 aromatic rings. The Morgan fingerprint density at radius 2 is 1.19 bits per heavy atom. The average Bonchev–Trinajstić information content (AvgIpc) is 2.72. The second-order valence-electron chi connectivity index (χ2n) is 12.3. The van der Waals surface area contributed by atoms with Crippen LogP contribution in [-0.4, -0.2) is 76.9 Å². The van der Waals surface area contributed by atoms with Crippen molar-refractivity contribution < 1.29 is 31.4 Å². The first-order valence-corrected chi connectivity index (χ1v) is 25.8. The summed E-state index contributed by atoms with van der Waals surface area (Å²) in [7, 11) is -8.94. The summed E-state index contributed by atoms with van der Waals surface area (Å²) >= 11 is 0. The van der Waals surface area contributed by atoms with Crippen LogP contribution >= 0.6 is 0 Å². The molecule has 0 aromatic heterocycles. The van der Waals surface area contributed by atoms with Gasteiger partial charge in [-0.3, -0.25) is 0 Å². The molecule has 0 aromatic carbocycles.